The maximum Gasteiger partial charge on any atom is 0.282 e. The summed E-state index contributed by atoms with van der Waals surface area (Å²) in [5, 5.41) is 3.18. The Morgan fingerprint density at radius 2 is 1.64 bits per heavy atom. The van der Waals surface area contributed by atoms with Crippen molar-refractivity contribution in [3.63, 3.8) is 0 Å². The third kappa shape index (κ3) is 4.56. The molecule has 1 N–H and O–H groups in total. The molecule has 2 aliphatic rings. The van der Waals surface area contributed by atoms with E-state index < -0.39 is 23.2 Å². The molecule has 39 heavy (non-hydrogen) atoms. The zero-order valence-corrected chi connectivity index (χ0v) is 22.7. The van der Waals surface area contributed by atoms with E-state index in [1.807, 2.05) is 18.7 Å². The molecule has 0 radical (unpaired) electrons. The second kappa shape index (κ2) is 10.6. The summed E-state index contributed by atoms with van der Waals surface area (Å²) >= 11 is 0. The van der Waals surface area contributed by atoms with Crippen LogP contribution in [0.1, 0.15) is 63.1 Å². The van der Waals surface area contributed by atoms with Crippen LogP contribution in [0.3, 0.4) is 0 Å². The maximum absolute atomic E-state index is 14.9. The number of aromatic amines is 1. The molecule has 0 spiro atoms. The molecule has 9 heteroatoms. The fraction of sp³-hybridized carbons (Fsp3) is 0.367. The van der Waals surface area contributed by atoms with Gasteiger partial charge in [-0.25, -0.2) is 14.0 Å². The first-order valence-electron chi connectivity index (χ1n) is 13.3. The van der Waals surface area contributed by atoms with Crippen molar-refractivity contribution in [2.24, 2.45) is 0 Å². The van der Waals surface area contributed by atoms with E-state index in [1.165, 1.54) is 22.9 Å². The van der Waals surface area contributed by atoms with Crippen molar-refractivity contribution in [3.05, 3.63) is 81.7 Å². The maximum atomic E-state index is 14.9. The van der Waals surface area contributed by atoms with Gasteiger partial charge in [-0.15, -0.1) is 0 Å². The van der Waals surface area contributed by atoms with Gasteiger partial charge in [0, 0.05) is 18.8 Å². The fourth-order valence-corrected chi connectivity index (χ4v) is 5.60. The molecule has 2 heterocycles. The van der Waals surface area contributed by atoms with E-state index in [0.717, 1.165) is 37.0 Å². The van der Waals surface area contributed by atoms with E-state index in [1.54, 1.807) is 44.5 Å². The molecular formula is C30H33FN4O4. The van der Waals surface area contributed by atoms with Crippen LogP contribution in [0.2, 0.25) is 0 Å². The predicted octanol–water partition coefficient (Wildman–Crippen LogP) is 4.99. The largest absolute Gasteiger partial charge is 0.497 e. The van der Waals surface area contributed by atoms with Crippen molar-refractivity contribution < 1.29 is 18.7 Å². The number of nitrogens with zero attached hydrogens (tertiary/aromatic N) is 3. The number of anilines is 1. The van der Waals surface area contributed by atoms with Crippen LogP contribution in [-0.4, -0.2) is 46.7 Å². The van der Waals surface area contributed by atoms with Crippen LogP contribution in [0.25, 0.3) is 11.3 Å². The Kier molecular flexibility index (Phi) is 7.16. The highest BCUT2D eigenvalue weighted by molar-refractivity contribution is 6.45. The van der Waals surface area contributed by atoms with E-state index in [-0.39, 0.29) is 34.5 Å². The number of hydrogen-bond acceptors (Lipinski definition) is 5. The Morgan fingerprint density at radius 1 is 0.974 bits per heavy atom. The number of nitrogens with one attached hydrogen (secondary N) is 1. The van der Waals surface area contributed by atoms with Crippen molar-refractivity contribution in [1.29, 1.82) is 0 Å². The molecule has 0 saturated heterocycles. The van der Waals surface area contributed by atoms with Crippen LogP contribution < -0.4 is 15.2 Å². The topological polar surface area (TPSA) is 87.6 Å². The number of rotatable bonds is 7. The van der Waals surface area contributed by atoms with Crippen LogP contribution in [0.4, 0.5) is 10.1 Å². The van der Waals surface area contributed by atoms with Crippen molar-refractivity contribution in [3.8, 4) is 11.4 Å². The number of H-pyrrole nitrogens is 1. The number of likely N-dealkylation sites (N-methyl/N-ethyl adjacent to an activating group) is 1. The molecule has 204 valence electrons. The summed E-state index contributed by atoms with van der Waals surface area (Å²) < 4.78 is 21.5. The van der Waals surface area contributed by atoms with Gasteiger partial charge in [0.15, 0.2) is 0 Å². The Bertz CT molecular complexity index is 1500. The van der Waals surface area contributed by atoms with Gasteiger partial charge in [-0.3, -0.25) is 19.5 Å². The first-order chi connectivity index (χ1) is 18.7. The predicted molar refractivity (Wildman–Crippen MR) is 147 cm³/mol. The molecule has 3 aromatic rings. The lowest BCUT2D eigenvalue weighted by Gasteiger charge is -2.33. The molecule has 1 aliphatic heterocycles. The van der Waals surface area contributed by atoms with Crippen molar-refractivity contribution in [2.75, 3.05) is 19.1 Å². The van der Waals surface area contributed by atoms with Crippen LogP contribution in [0, 0.1) is 5.82 Å². The quantitative estimate of drug-likeness (QED) is 0.434. The highest BCUT2D eigenvalue weighted by Gasteiger charge is 2.46. The molecule has 1 fully saturated rings. The van der Waals surface area contributed by atoms with E-state index >= 15 is 0 Å². The van der Waals surface area contributed by atoms with Crippen molar-refractivity contribution in [1.82, 2.24) is 14.7 Å². The van der Waals surface area contributed by atoms with E-state index in [0.29, 0.717) is 17.1 Å². The van der Waals surface area contributed by atoms with Crippen molar-refractivity contribution >= 4 is 23.1 Å². The Labute approximate surface area is 226 Å². The van der Waals surface area contributed by atoms with Gasteiger partial charge in [0.05, 0.1) is 29.6 Å². The minimum atomic E-state index is -0.706. The summed E-state index contributed by atoms with van der Waals surface area (Å²) in [5.41, 5.74) is 0.773. The number of ether oxygens (including phenoxy) is 1. The molecule has 1 aromatic heterocycles. The molecule has 0 bridgehead atoms. The second-order valence-electron chi connectivity index (χ2n) is 10.4. The lowest BCUT2D eigenvalue weighted by atomic mass is 9.93. The summed E-state index contributed by atoms with van der Waals surface area (Å²) in [4.78, 5) is 44.8. The minimum Gasteiger partial charge on any atom is -0.497 e. The zero-order valence-electron chi connectivity index (χ0n) is 22.7. The monoisotopic (exact) mass is 532 g/mol. The molecule has 1 aliphatic carbocycles. The average Bonchev–Trinajstić information content (AvgIpc) is 3.41. The normalized spacial score (nSPS) is 16.5. The third-order valence-electron chi connectivity index (χ3n) is 7.70. The van der Waals surface area contributed by atoms with Gasteiger partial charge in [0.2, 0.25) is 0 Å². The van der Waals surface area contributed by atoms with Gasteiger partial charge >= 0.3 is 0 Å². The highest BCUT2D eigenvalue weighted by atomic mass is 19.1. The summed E-state index contributed by atoms with van der Waals surface area (Å²) in [5.74, 6) is -1.55. The molecule has 0 unspecified atom stereocenters. The van der Waals surface area contributed by atoms with Crippen LogP contribution in [-0.2, 0) is 9.59 Å². The Hall–Kier alpha value is -4.14. The molecule has 8 nitrogen and oxygen atoms in total. The second-order valence-corrected chi connectivity index (χ2v) is 10.4. The molecule has 0 atom stereocenters. The van der Waals surface area contributed by atoms with Gasteiger partial charge < -0.3 is 9.64 Å². The van der Waals surface area contributed by atoms with E-state index in [2.05, 4.69) is 5.10 Å². The number of amides is 2. The summed E-state index contributed by atoms with van der Waals surface area (Å²) in [6, 6.07) is 12.7. The molecular weight excluding hydrogens is 499 g/mol. The number of benzene rings is 2. The standard InChI is InChI=1S/C30H33FN4O4/c1-18(2)26-24(29(37)35(32-26)20-14-16-21(39-4)17-15-20)25-27(33(3)19-10-6-5-7-11-19)30(38)34(28(25)36)23-13-9-8-12-22(23)31/h8-9,12-19,32H,5-7,10-11H2,1-4H3. The number of methoxy groups -OCH3 is 1. The zero-order chi connectivity index (χ0) is 27.8. The smallest absolute Gasteiger partial charge is 0.282 e. The third-order valence-corrected chi connectivity index (χ3v) is 7.70. The summed E-state index contributed by atoms with van der Waals surface area (Å²) in [7, 11) is 3.36. The number of halogens is 1. The first-order valence-corrected chi connectivity index (χ1v) is 13.3. The Balaban J connectivity index is 1.73. The molecule has 1 saturated carbocycles. The number of hydrogen-bond donors (Lipinski definition) is 1. The molecule has 5 rings (SSSR count). The lowest BCUT2D eigenvalue weighted by Crippen LogP contribution is -2.39. The van der Waals surface area contributed by atoms with Gasteiger partial charge in [-0.05, 0) is 55.2 Å². The Morgan fingerprint density at radius 3 is 2.26 bits per heavy atom. The number of para-hydroxylation sites is 1. The number of carbonyl (C=O) groups excluding carboxylic acids is 2. The highest BCUT2D eigenvalue weighted by Crippen LogP contribution is 2.38. The number of aromatic nitrogens is 2. The van der Waals surface area contributed by atoms with Gasteiger partial charge in [-0.2, -0.15) is 0 Å². The van der Waals surface area contributed by atoms with Crippen LogP contribution in [0.5, 0.6) is 5.75 Å². The van der Waals surface area contributed by atoms with E-state index in [9.17, 15) is 18.8 Å². The van der Waals surface area contributed by atoms with E-state index in [4.69, 9.17) is 4.74 Å². The minimum absolute atomic E-state index is 0.00791. The summed E-state index contributed by atoms with van der Waals surface area (Å²) in [6.45, 7) is 3.82. The van der Waals surface area contributed by atoms with Crippen LogP contribution >= 0.6 is 0 Å². The van der Waals surface area contributed by atoms with Gasteiger partial charge in [0.1, 0.15) is 17.3 Å². The summed E-state index contributed by atoms with van der Waals surface area (Å²) in [6.07, 6.45) is 4.89. The van der Waals surface area contributed by atoms with Crippen LogP contribution in [0.15, 0.2) is 59.0 Å². The number of carbonyl (C=O) groups is 2. The lowest BCUT2D eigenvalue weighted by molar-refractivity contribution is -0.120. The first kappa shape index (κ1) is 26.5. The molecule has 2 aromatic carbocycles. The van der Waals surface area contributed by atoms with Gasteiger partial charge in [-0.1, -0.05) is 45.2 Å². The SMILES string of the molecule is COc1ccc(-n2[nH]c(C(C)C)c(C3=C(N(C)C4CCCCC4)C(=O)N(c4ccccc4F)C3=O)c2=O)cc1. The van der Waals surface area contributed by atoms with Crippen molar-refractivity contribution in [2.45, 2.75) is 57.9 Å². The average molecular weight is 533 g/mol. The molecule has 2 amide bonds. The fourth-order valence-electron chi connectivity index (χ4n) is 5.60. The van der Waals surface area contributed by atoms with Gasteiger partial charge in [0.25, 0.3) is 17.4 Å². The number of imide groups is 1.